The minimum atomic E-state index is -1.36. The number of hydrogen-bond acceptors (Lipinski definition) is 4. The molecule has 0 aliphatic carbocycles. The van der Waals surface area contributed by atoms with E-state index in [9.17, 15) is 4.39 Å². The van der Waals surface area contributed by atoms with Crippen LogP contribution in [-0.4, -0.2) is 5.12 Å². The molecule has 3 nitrogen and oxygen atoms in total. The number of hydrogen-bond donors (Lipinski definition) is 3. The summed E-state index contributed by atoms with van der Waals surface area (Å²) >= 11 is 1.02. The summed E-state index contributed by atoms with van der Waals surface area (Å²) in [6.45, 7) is 1.68. The molecule has 0 atom stereocenters. The molecule has 13 heavy (non-hydrogen) atoms. The number of benzene rings is 1. The van der Waals surface area contributed by atoms with Gasteiger partial charge in [-0.05, 0) is 24.6 Å². The van der Waals surface area contributed by atoms with E-state index in [1.165, 1.54) is 6.07 Å². The highest BCUT2D eigenvalue weighted by Gasteiger charge is 2.14. The van der Waals surface area contributed by atoms with Gasteiger partial charge in [-0.3, -0.25) is 17.2 Å². The van der Waals surface area contributed by atoms with Gasteiger partial charge in [-0.25, -0.2) is 4.39 Å². The number of rotatable bonds is 2. The van der Waals surface area contributed by atoms with Crippen molar-refractivity contribution in [2.45, 2.75) is 16.9 Å². The first-order valence-electron chi connectivity index (χ1n) is 3.70. The van der Waals surface area contributed by atoms with Gasteiger partial charge in [-0.15, -0.1) is 0 Å². The Bertz CT molecular complexity index is 309. The second-order valence-corrected chi connectivity index (χ2v) is 4.25. The van der Waals surface area contributed by atoms with Crippen molar-refractivity contribution in [3.8, 4) is 0 Å². The van der Waals surface area contributed by atoms with E-state index in [-0.39, 0.29) is 5.82 Å². The van der Waals surface area contributed by atoms with Crippen LogP contribution in [0, 0.1) is 12.7 Å². The molecule has 5 heteroatoms. The Balaban J connectivity index is 2.86. The van der Waals surface area contributed by atoms with E-state index in [2.05, 4.69) is 0 Å². The zero-order chi connectivity index (χ0) is 10.1. The minimum absolute atomic E-state index is 0.283. The van der Waals surface area contributed by atoms with Crippen LogP contribution in [0.3, 0.4) is 0 Å². The average Bonchev–Trinajstić information content (AvgIpc) is 1.94. The lowest BCUT2D eigenvalue weighted by atomic mass is 10.2. The van der Waals surface area contributed by atoms with Crippen LogP contribution in [0.25, 0.3) is 0 Å². The van der Waals surface area contributed by atoms with Gasteiger partial charge in [0.1, 0.15) is 5.82 Å². The molecule has 72 valence electrons. The zero-order valence-electron chi connectivity index (χ0n) is 7.25. The van der Waals surface area contributed by atoms with Gasteiger partial charge in [0.2, 0.25) is 0 Å². The molecule has 0 heterocycles. The Labute approximate surface area is 80.5 Å². The molecular weight excluding hydrogens is 189 g/mol. The molecule has 1 aromatic rings. The van der Waals surface area contributed by atoms with Gasteiger partial charge in [0.15, 0.2) is 5.12 Å². The molecule has 0 aliphatic rings. The fourth-order valence-corrected chi connectivity index (χ4v) is 1.55. The maximum Gasteiger partial charge on any atom is 0.170 e. The molecule has 6 N–H and O–H groups in total. The van der Waals surface area contributed by atoms with Gasteiger partial charge < -0.3 is 0 Å². The Morgan fingerprint density at radius 1 is 1.31 bits per heavy atom. The third-order valence-electron chi connectivity index (χ3n) is 1.44. The third-order valence-corrected chi connectivity index (χ3v) is 2.28. The van der Waals surface area contributed by atoms with Crippen molar-refractivity contribution in [2.24, 2.45) is 17.2 Å². The van der Waals surface area contributed by atoms with Crippen molar-refractivity contribution < 1.29 is 4.39 Å². The van der Waals surface area contributed by atoms with Crippen LogP contribution < -0.4 is 17.2 Å². The van der Waals surface area contributed by atoms with Gasteiger partial charge in [0.05, 0.1) is 0 Å². The molecule has 0 saturated carbocycles. The van der Waals surface area contributed by atoms with E-state index in [0.29, 0.717) is 10.5 Å². The van der Waals surface area contributed by atoms with Gasteiger partial charge in [0.25, 0.3) is 0 Å². The van der Waals surface area contributed by atoms with Gasteiger partial charge in [0, 0.05) is 4.90 Å². The maximum atomic E-state index is 13.0. The first-order valence-corrected chi connectivity index (χ1v) is 4.52. The number of aryl methyl sites for hydroxylation is 1. The van der Waals surface area contributed by atoms with Crippen molar-refractivity contribution >= 4 is 11.8 Å². The molecule has 0 aliphatic heterocycles. The summed E-state index contributed by atoms with van der Waals surface area (Å²) in [5.41, 5.74) is 16.6. The highest BCUT2D eigenvalue weighted by Crippen LogP contribution is 2.23. The number of thioether (sulfide) groups is 1. The number of nitrogens with two attached hydrogens (primary N) is 3. The Hall–Kier alpha value is -0.620. The summed E-state index contributed by atoms with van der Waals surface area (Å²) in [4.78, 5) is 0.621. The normalized spacial score (nSPS) is 11.8. The van der Waals surface area contributed by atoms with E-state index >= 15 is 0 Å². The first kappa shape index (κ1) is 10.5. The molecule has 1 rings (SSSR count). The van der Waals surface area contributed by atoms with Crippen LogP contribution in [0.2, 0.25) is 0 Å². The van der Waals surface area contributed by atoms with Crippen LogP contribution in [0.4, 0.5) is 4.39 Å². The van der Waals surface area contributed by atoms with Crippen LogP contribution in [0.15, 0.2) is 23.1 Å². The Kier molecular flexibility index (Phi) is 2.92. The van der Waals surface area contributed by atoms with E-state index in [4.69, 9.17) is 17.2 Å². The van der Waals surface area contributed by atoms with E-state index < -0.39 is 5.12 Å². The number of halogens is 1. The van der Waals surface area contributed by atoms with Gasteiger partial charge in [-0.1, -0.05) is 17.8 Å². The summed E-state index contributed by atoms with van der Waals surface area (Å²) < 4.78 is 13.0. The van der Waals surface area contributed by atoms with Crippen molar-refractivity contribution in [1.29, 1.82) is 0 Å². The van der Waals surface area contributed by atoms with Crippen LogP contribution >= 0.6 is 11.8 Å². The van der Waals surface area contributed by atoms with Gasteiger partial charge in [-0.2, -0.15) is 0 Å². The van der Waals surface area contributed by atoms with Crippen molar-refractivity contribution in [2.75, 3.05) is 0 Å². The summed E-state index contributed by atoms with van der Waals surface area (Å²) in [5.74, 6) is -0.283. The predicted molar refractivity (Wildman–Crippen MR) is 52.3 cm³/mol. The summed E-state index contributed by atoms with van der Waals surface area (Å²) in [6, 6.07) is 4.75. The van der Waals surface area contributed by atoms with Crippen LogP contribution in [0.1, 0.15) is 5.56 Å². The first-order chi connectivity index (χ1) is 5.88. The lowest BCUT2D eigenvalue weighted by Crippen LogP contribution is -2.54. The van der Waals surface area contributed by atoms with E-state index in [1.54, 1.807) is 19.1 Å². The smallest absolute Gasteiger partial charge is 0.170 e. The monoisotopic (exact) mass is 201 g/mol. The zero-order valence-corrected chi connectivity index (χ0v) is 8.07. The topological polar surface area (TPSA) is 78.1 Å². The fourth-order valence-electron chi connectivity index (χ4n) is 0.841. The molecule has 0 unspecified atom stereocenters. The quantitative estimate of drug-likeness (QED) is 0.486. The van der Waals surface area contributed by atoms with E-state index in [1.807, 2.05) is 0 Å². The van der Waals surface area contributed by atoms with Crippen molar-refractivity contribution in [3.05, 3.63) is 29.6 Å². The van der Waals surface area contributed by atoms with E-state index in [0.717, 1.165) is 11.8 Å². The molecule has 0 fully saturated rings. The molecule has 0 aromatic heterocycles. The predicted octanol–water partition coefficient (Wildman–Crippen LogP) is 0.714. The van der Waals surface area contributed by atoms with Crippen LogP contribution in [0.5, 0.6) is 0 Å². The molecule has 0 saturated heterocycles. The minimum Gasteiger partial charge on any atom is -0.292 e. The Morgan fingerprint density at radius 2 is 1.92 bits per heavy atom. The lowest BCUT2D eigenvalue weighted by Gasteiger charge is -2.17. The largest absolute Gasteiger partial charge is 0.292 e. The van der Waals surface area contributed by atoms with Crippen molar-refractivity contribution in [1.82, 2.24) is 0 Å². The molecule has 0 radical (unpaired) electrons. The molecule has 0 amide bonds. The summed E-state index contributed by atoms with van der Waals surface area (Å²) in [5, 5.41) is -1.36. The second kappa shape index (κ2) is 3.63. The molecular formula is C8H12FN3S. The fraction of sp³-hybridized carbons (Fsp3) is 0.250. The highest BCUT2D eigenvalue weighted by atomic mass is 32.2. The Morgan fingerprint density at radius 3 is 2.38 bits per heavy atom. The molecule has 0 bridgehead atoms. The van der Waals surface area contributed by atoms with Gasteiger partial charge >= 0.3 is 0 Å². The lowest BCUT2D eigenvalue weighted by molar-refractivity contribution is 0.614. The van der Waals surface area contributed by atoms with Crippen LogP contribution in [-0.2, 0) is 0 Å². The summed E-state index contributed by atoms with van der Waals surface area (Å²) in [6.07, 6.45) is 0. The molecule has 0 spiro atoms. The third kappa shape index (κ3) is 3.31. The SMILES string of the molecule is Cc1ccc(SC(N)(N)N)cc1F. The highest BCUT2D eigenvalue weighted by molar-refractivity contribution is 8.00. The average molecular weight is 201 g/mol. The molecule has 1 aromatic carbocycles. The maximum absolute atomic E-state index is 13.0. The standard InChI is InChI=1S/C8H12FN3S/c1-5-2-3-6(4-7(5)9)13-8(10,11)12/h2-4H,10-12H2,1H3. The van der Waals surface area contributed by atoms with Crippen molar-refractivity contribution in [3.63, 3.8) is 0 Å². The second-order valence-electron chi connectivity index (χ2n) is 2.87. The summed E-state index contributed by atoms with van der Waals surface area (Å²) in [7, 11) is 0.